The molecule has 20 heavy (non-hydrogen) atoms. The van der Waals surface area contributed by atoms with E-state index in [4.69, 9.17) is 5.73 Å². The molecular formula is C16H27N3O. The van der Waals surface area contributed by atoms with E-state index in [0.29, 0.717) is 5.75 Å². The number of nitrogens with two attached hydrogens (primary N) is 1. The largest absolute Gasteiger partial charge is 0.508 e. The standard InChI is InChI=1S/C16H27N3O/c1-12(17)15-5-4-14(10-16(15)20)19-8-6-13(7-9-19)11-18(2)3/h4-5,10,12-13,20H,6-9,11,17H2,1-3H3. The van der Waals surface area contributed by atoms with Crippen molar-refractivity contribution in [3.05, 3.63) is 23.8 Å². The Hall–Kier alpha value is -1.26. The van der Waals surface area contributed by atoms with Gasteiger partial charge in [-0.3, -0.25) is 0 Å². The van der Waals surface area contributed by atoms with Crippen molar-refractivity contribution in [2.75, 3.05) is 38.6 Å². The van der Waals surface area contributed by atoms with Gasteiger partial charge < -0.3 is 20.6 Å². The predicted molar refractivity (Wildman–Crippen MR) is 84.2 cm³/mol. The highest BCUT2D eigenvalue weighted by Crippen LogP contribution is 2.30. The summed E-state index contributed by atoms with van der Waals surface area (Å²) in [6, 6.07) is 5.74. The van der Waals surface area contributed by atoms with Crippen molar-refractivity contribution >= 4 is 5.69 Å². The zero-order chi connectivity index (χ0) is 14.7. The van der Waals surface area contributed by atoms with Crippen LogP contribution in [0.15, 0.2) is 18.2 Å². The lowest BCUT2D eigenvalue weighted by atomic mass is 9.95. The zero-order valence-corrected chi connectivity index (χ0v) is 12.8. The molecule has 1 aliphatic heterocycles. The molecule has 3 N–H and O–H groups in total. The Morgan fingerprint density at radius 3 is 2.50 bits per heavy atom. The number of phenolic OH excluding ortho intramolecular Hbond substituents is 1. The molecule has 1 unspecified atom stereocenters. The van der Waals surface area contributed by atoms with Crippen LogP contribution < -0.4 is 10.6 Å². The van der Waals surface area contributed by atoms with Gasteiger partial charge in [-0.15, -0.1) is 0 Å². The first-order chi connectivity index (χ1) is 9.47. The summed E-state index contributed by atoms with van der Waals surface area (Å²) in [5.74, 6) is 1.10. The lowest BCUT2D eigenvalue weighted by molar-refractivity contribution is 0.285. The molecule has 0 spiro atoms. The lowest BCUT2D eigenvalue weighted by Gasteiger charge is -2.35. The van der Waals surface area contributed by atoms with Crippen LogP contribution in [0.1, 0.15) is 31.4 Å². The highest BCUT2D eigenvalue weighted by atomic mass is 16.3. The molecule has 0 amide bonds. The van der Waals surface area contributed by atoms with Crippen molar-refractivity contribution in [2.24, 2.45) is 11.7 Å². The van der Waals surface area contributed by atoms with Crippen molar-refractivity contribution in [3.8, 4) is 5.75 Å². The molecule has 112 valence electrons. The molecule has 0 aliphatic carbocycles. The quantitative estimate of drug-likeness (QED) is 0.886. The van der Waals surface area contributed by atoms with Crippen LogP contribution >= 0.6 is 0 Å². The maximum atomic E-state index is 10.1. The number of aromatic hydroxyl groups is 1. The number of anilines is 1. The Morgan fingerprint density at radius 2 is 2.00 bits per heavy atom. The molecule has 4 nitrogen and oxygen atoms in total. The molecule has 4 heteroatoms. The Morgan fingerprint density at radius 1 is 1.35 bits per heavy atom. The lowest BCUT2D eigenvalue weighted by Crippen LogP contribution is -2.37. The third-order valence-corrected chi connectivity index (χ3v) is 4.11. The van der Waals surface area contributed by atoms with E-state index in [9.17, 15) is 5.11 Å². The van der Waals surface area contributed by atoms with Crippen molar-refractivity contribution in [1.82, 2.24) is 4.90 Å². The van der Waals surface area contributed by atoms with Crippen LogP contribution in [0.3, 0.4) is 0 Å². The zero-order valence-electron chi connectivity index (χ0n) is 12.8. The van der Waals surface area contributed by atoms with Crippen molar-refractivity contribution in [3.63, 3.8) is 0 Å². The van der Waals surface area contributed by atoms with E-state index in [1.807, 2.05) is 19.1 Å². The van der Waals surface area contributed by atoms with Gasteiger partial charge in [0.05, 0.1) is 0 Å². The summed E-state index contributed by atoms with van der Waals surface area (Å²) < 4.78 is 0. The summed E-state index contributed by atoms with van der Waals surface area (Å²) in [5, 5.41) is 10.1. The molecule has 1 aliphatic rings. The first kappa shape index (κ1) is 15.1. The van der Waals surface area contributed by atoms with Gasteiger partial charge in [0.15, 0.2) is 0 Å². The fourth-order valence-electron chi connectivity index (χ4n) is 3.00. The summed E-state index contributed by atoms with van der Waals surface area (Å²) in [7, 11) is 4.27. The maximum absolute atomic E-state index is 10.1. The highest BCUT2D eigenvalue weighted by molar-refractivity contribution is 5.54. The van der Waals surface area contributed by atoms with E-state index in [1.54, 1.807) is 0 Å². The van der Waals surface area contributed by atoms with Crippen LogP contribution in [0.2, 0.25) is 0 Å². The molecule has 1 atom stereocenters. The van der Waals surface area contributed by atoms with Gasteiger partial charge in [0.1, 0.15) is 5.75 Å². The van der Waals surface area contributed by atoms with Gasteiger partial charge in [-0.05, 0) is 45.8 Å². The number of nitrogens with zero attached hydrogens (tertiary/aromatic N) is 2. The molecule has 0 saturated carbocycles. The molecule has 0 aromatic heterocycles. The second-order valence-electron chi connectivity index (χ2n) is 6.22. The number of hydrogen-bond donors (Lipinski definition) is 2. The minimum absolute atomic E-state index is 0.130. The first-order valence-corrected chi connectivity index (χ1v) is 7.45. The van der Waals surface area contributed by atoms with E-state index in [1.165, 1.54) is 19.4 Å². The van der Waals surface area contributed by atoms with Crippen molar-refractivity contribution in [2.45, 2.75) is 25.8 Å². The van der Waals surface area contributed by atoms with Crippen molar-refractivity contribution < 1.29 is 5.11 Å². The normalized spacial score (nSPS) is 18.6. The summed E-state index contributed by atoms with van der Waals surface area (Å²) in [6.07, 6.45) is 2.43. The average Bonchev–Trinajstić information content (AvgIpc) is 2.38. The molecule has 0 bridgehead atoms. The van der Waals surface area contributed by atoms with Gasteiger partial charge in [-0.25, -0.2) is 0 Å². The van der Waals surface area contributed by atoms with Crippen LogP contribution in [-0.2, 0) is 0 Å². The molecule has 1 aromatic rings. The van der Waals surface area contributed by atoms with E-state index in [2.05, 4.69) is 30.0 Å². The number of benzene rings is 1. The van der Waals surface area contributed by atoms with E-state index >= 15 is 0 Å². The summed E-state index contributed by atoms with van der Waals surface area (Å²) in [5.41, 5.74) is 7.75. The number of piperidine rings is 1. The van der Waals surface area contributed by atoms with Gasteiger partial charge >= 0.3 is 0 Å². The molecule has 1 fully saturated rings. The van der Waals surface area contributed by atoms with Crippen LogP contribution in [0.4, 0.5) is 5.69 Å². The molecule has 0 radical (unpaired) electrons. The number of hydrogen-bond acceptors (Lipinski definition) is 4. The molecule has 1 aromatic carbocycles. The smallest absolute Gasteiger partial charge is 0.122 e. The predicted octanol–water partition coefficient (Wildman–Crippen LogP) is 2.19. The van der Waals surface area contributed by atoms with Crippen LogP contribution in [0.25, 0.3) is 0 Å². The Bertz CT molecular complexity index is 437. The van der Waals surface area contributed by atoms with Gasteiger partial charge in [-0.2, -0.15) is 0 Å². The summed E-state index contributed by atoms with van der Waals surface area (Å²) >= 11 is 0. The van der Waals surface area contributed by atoms with Crippen LogP contribution in [0, 0.1) is 5.92 Å². The Balaban J connectivity index is 1.98. The number of rotatable bonds is 4. The van der Waals surface area contributed by atoms with E-state index in [-0.39, 0.29) is 6.04 Å². The molecule has 2 rings (SSSR count). The second kappa shape index (κ2) is 6.46. The first-order valence-electron chi connectivity index (χ1n) is 7.45. The van der Waals surface area contributed by atoms with Crippen LogP contribution in [0.5, 0.6) is 5.75 Å². The second-order valence-corrected chi connectivity index (χ2v) is 6.22. The third kappa shape index (κ3) is 3.64. The van der Waals surface area contributed by atoms with Crippen LogP contribution in [-0.4, -0.2) is 43.7 Å². The van der Waals surface area contributed by atoms with Gasteiger partial charge in [0, 0.05) is 43.0 Å². The fraction of sp³-hybridized carbons (Fsp3) is 0.625. The van der Waals surface area contributed by atoms with E-state index in [0.717, 1.165) is 30.3 Å². The molecule has 1 heterocycles. The Kier molecular flexibility index (Phi) is 4.89. The topological polar surface area (TPSA) is 52.7 Å². The van der Waals surface area contributed by atoms with Crippen molar-refractivity contribution in [1.29, 1.82) is 0 Å². The highest BCUT2D eigenvalue weighted by Gasteiger charge is 2.20. The average molecular weight is 277 g/mol. The molecular weight excluding hydrogens is 250 g/mol. The van der Waals surface area contributed by atoms with Gasteiger partial charge in [-0.1, -0.05) is 6.07 Å². The maximum Gasteiger partial charge on any atom is 0.122 e. The fourth-order valence-corrected chi connectivity index (χ4v) is 3.00. The SMILES string of the molecule is CC(N)c1ccc(N2CCC(CN(C)C)CC2)cc1O. The van der Waals surface area contributed by atoms with Gasteiger partial charge in [0.2, 0.25) is 0 Å². The minimum atomic E-state index is -0.130. The third-order valence-electron chi connectivity index (χ3n) is 4.11. The Labute approximate surface area is 122 Å². The number of phenols is 1. The summed E-state index contributed by atoms with van der Waals surface area (Å²) in [6.45, 7) is 5.19. The monoisotopic (exact) mass is 277 g/mol. The molecule has 1 saturated heterocycles. The summed E-state index contributed by atoms with van der Waals surface area (Å²) in [4.78, 5) is 4.63. The van der Waals surface area contributed by atoms with E-state index < -0.39 is 0 Å². The van der Waals surface area contributed by atoms with Gasteiger partial charge in [0.25, 0.3) is 0 Å². The minimum Gasteiger partial charge on any atom is -0.508 e.